The van der Waals surface area contributed by atoms with Crippen LogP contribution in [0.1, 0.15) is 46.1 Å². The zero-order chi connectivity index (χ0) is 13.2. The molecule has 100 valence electrons. The molecule has 0 radical (unpaired) electrons. The fraction of sp³-hybridized carbons (Fsp3) is 0.714. The molecule has 2 heterocycles. The maximum Gasteiger partial charge on any atom is 0.225 e. The molecule has 4 heteroatoms. The van der Waals surface area contributed by atoms with Crippen LogP contribution in [-0.2, 0) is 6.54 Å². The fourth-order valence-electron chi connectivity index (χ4n) is 2.38. The number of nitrogens with zero attached hydrogens (tertiary/aromatic N) is 3. The van der Waals surface area contributed by atoms with Gasteiger partial charge in [0.1, 0.15) is 0 Å². The largest absolute Gasteiger partial charge is 0.336 e. The first-order valence-electron chi connectivity index (χ1n) is 6.81. The van der Waals surface area contributed by atoms with Gasteiger partial charge in [-0.1, -0.05) is 13.8 Å². The molecule has 0 bridgehead atoms. The van der Waals surface area contributed by atoms with Gasteiger partial charge in [0.15, 0.2) is 0 Å². The van der Waals surface area contributed by atoms with Crippen LogP contribution in [0, 0.1) is 0 Å². The molecule has 1 saturated heterocycles. The van der Waals surface area contributed by atoms with Crippen molar-refractivity contribution >= 4 is 5.95 Å². The first-order chi connectivity index (χ1) is 8.49. The Morgan fingerprint density at radius 1 is 1.33 bits per heavy atom. The van der Waals surface area contributed by atoms with E-state index in [1.807, 2.05) is 12.4 Å². The van der Waals surface area contributed by atoms with Crippen LogP contribution in [0.15, 0.2) is 12.4 Å². The summed E-state index contributed by atoms with van der Waals surface area (Å²) in [6, 6.07) is 0.488. The van der Waals surface area contributed by atoms with Crippen molar-refractivity contribution in [2.75, 3.05) is 11.4 Å². The van der Waals surface area contributed by atoms with Crippen molar-refractivity contribution in [3.8, 4) is 0 Å². The molecule has 0 amide bonds. The summed E-state index contributed by atoms with van der Waals surface area (Å²) in [6.07, 6.45) is 6.32. The van der Waals surface area contributed by atoms with Gasteiger partial charge in [-0.15, -0.1) is 0 Å². The molecule has 1 N–H and O–H groups in total. The lowest BCUT2D eigenvalue weighted by atomic mass is 10.0. The van der Waals surface area contributed by atoms with E-state index in [0.29, 0.717) is 6.04 Å². The molecule has 18 heavy (non-hydrogen) atoms. The van der Waals surface area contributed by atoms with Gasteiger partial charge in [-0.05, 0) is 26.7 Å². The van der Waals surface area contributed by atoms with Crippen LogP contribution in [0.3, 0.4) is 0 Å². The van der Waals surface area contributed by atoms with E-state index >= 15 is 0 Å². The van der Waals surface area contributed by atoms with E-state index in [9.17, 15) is 0 Å². The maximum absolute atomic E-state index is 4.51. The Balaban J connectivity index is 2.03. The van der Waals surface area contributed by atoms with Gasteiger partial charge in [0, 0.05) is 42.6 Å². The van der Waals surface area contributed by atoms with Crippen LogP contribution < -0.4 is 10.2 Å². The molecule has 1 fully saturated rings. The summed E-state index contributed by atoms with van der Waals surface area (Å²) in [4.78, 5) is 11.3. The van der Waals surface area contributed by atoms with Gasteiger partial charge >= 0.3 is 0 Å². The van der Waals surface area contributed by atoms with Crippen LogP contribution in [0.5, 0.6) is 0 Å². The van der Waals surface area contributed by atoms with Crippen molar-refractivity contribution in [2.24, 2.45) is 0 Å². The van der Waals surface area contributed by atoms with E-state index in [4.69, 9.17) is 0 Å². The third-order valence-corrected chi connectivity index (χ3v) is 3.55. The molecule has 1 aliphatic rings. The number of nitrogens with one attached hydrogen (secondary N) is 1. The first kappa shape index (κ1) is 13.3. The monoisotopic (exact) mass is 248 g/mol. The Kier molecular flexibility index (Phi) is 3.85. The minimum atomic E-state index is 0.192. The number of hydrogen-bond donors (Lipinski definition) is 1. The van der Waals surface area contributed by atoms with Gasteiger partial charge in [-0.25, -0.2) is 9.97 Å². The fourth-order valence-corrected chi connectivity index (χ4v) is 2.38. The van der Waals surface area contributed by atoms with Crippen LogP contribution in [0.25, 0.3) is 0 Å². The highest BCUT2D eigenvalue weighted by Gasteiger charge is 2.33. The number of hydrogen-bond acceptors (Lipinski definition) is 4. The number of aromatic nitrogens is 2. The summed E-state index contributed by atoms with van der Waals surface area (Å²) in [5.41, 5.74) is 1.34. The molecule has 2 rings (SSSR count). The minimum Gasteiger partial charge on any atom is -0.336 e. The smallest absolute Gasteiger partial charge is 0.225 e. The van der Waals surface area contributed by atoms with E-state index in [0.717, 1.165) is 24.6 Å². The molecule has 1 aliphatic heterocycles. The Morgan fingerprint density at radius 3 is 2.50 bits per heavy atom. The van der Waals surface area contributed by atoms with Crippen molar-refractivity contribution in [2.45, 2.75) is 58.7 Å². The van der Waals surface area contributed by atoms with Crippen LogP contribution in [0.2, 0.25) is 0 Å². The Hall–Kier alpha value is -1.16. The molecule has 4 nitrogen and oxygen atoms in total. The average molecular weight is 248 g/mol. The maximum atomic E-state index is 4.51. The Bertz CT molecular complexity index is 383. The molecular formula is C14H24N4. The van der Waals surface area contributed by atoms with Crippen molar-refractivity contribution in [3.63, 3.8) is 0 Å². The highest BCUT2D eigenvalue weighted by atomic mass is 15.3. The lowest BCUT2D eigenvalue weighted by Gasteiger charge is -2.31. The second-order valence-corrected chi connectivity index (χ2v) is 5.99. The molecule has 0 unspecified atom stereocenters. The predicted octanol–water partition coefficient (Wildman–Crippen LogP) is 2.35. The molecule has 1 aromatic rings. The van der Waals surface area contributed by atoms with Gasteiger partial charge in [-0.2, -0.15) is 0 Å². The third-order valence-electron chi connectivity index (χ3n) is 3.55. The van der Waals surface area contributed by atoms with E-state index in [-0.39, 0.29) is 5.54 Å². The van der Waals surface area contributed by atoms with Gasteiger partial charge in [0.25, 0.3) is 0 Å². The standard InChI is InChI=1S/C14H24N4/c1-11(2)15-8-12-9-16-13(17-10-12)18-7-5-6-14(18,3)4/h9-11,15H,5-8H2,1-4H3. The lowest BCUT2D eigenvalue weighted by Crippen LogP contribution is -2.39. The Labute approximate surface area is 110 Å². The molecule has 0 aliphatic carbocycles. The topological polar surface area (TPSA) is 41.1 Å². The van der Waals surface area contributed by atoms with Crippen molar-refractivity contribution < 1.29 is 0 Å². The molecule has 0 aromatic carbocycles. The average Bonchev–Trinajstić information content (AvgIpc) is 2.67. The highest BCUT2D eigenvalue weighted by Crippen LogP contribution is 2.30. The van der Waals surface area contributed by atoms with Gasteiger partial charge in [0.05, 0.1) is 0 Å². The minimum absolute atomic E-state index is 0.192. The molecule has 0 atom stereocenters. The SMILES string of the molecule is CC(C)NCc1cnc(N2CCCC2(C)C)nc1. The van der Waals surface area contributed by atoms with E-state index in [1.54, 1.807) is 0 Å². The molecule has 0 spiro atoms. The normalized spacial score (nSPS) is 18.6. The molecule has 1 aromatic heterocycles. The van der Waals surface area contributed by atoms with Crippen LogP contribution >= 0.6 is 0 Å². The van der Waals surface area contributed by atoms with Gasteiger partial charge < -0.3 is 10.2 Å². The highest BCUT2D eigenvalue weighted by molar-refractivity contribution is 5.36. The number of anilines is 1. The van der Waals surface area contributed by atoms with Crippen molar-refractivity contribution in [1.82, 2.24) is 15.3 Å². The van der Waals surface area contributed by atoms with Crippen molar-refractivity contribution in [3.05, 3.63) is 18.0 Å². The van der Waals surface area contributed by atoms with E-state index < -0.39 is 0 Å². The van der Waals surface area contributed by atoms with E-state index in [1.165, 1.54) is 12.8 Å². The third kappa shape index (κ3) is 2.99. The van der Waals surface area contributed by atoms with Crippen LogP contribution in [0.4, 0.5) is 5.95 Å². The quantitative estimate of drug-likeness (QED) is 0.888. The summed E-state index contributed by atoms with van der Waals surface area (Å²) in [7, 11) is 0. The molecular weight excluding hydrogens is 224 g/mol. The lowest BCUT2D eigenvalue weighted by molar-refractivity contribution is 0.509. The second-order valence-electron chi connectivity index (χ2n) is 5.99. The predicted molar refractivity (Wildman–Crippen MR) is 74.7 cm³/mol. The first-order valence-corrected chi connectivity index (χ1v) is 6.81. The molecule has 0 saturated carbocycles. The summed E-state index contributed by atoms with van der Waals surface area (Å²) >= 11 is 0. The summed E-state index contributed by atoms with van der Waals surface area (Å²) < 4.78 is 0. The number of rotatable bonds is 4. The summed E-state index contributed by atoms with van der Waals surface area (Å²) in [6.45, 7) is 10.7. The second kappa shape index (κ2) is 5.22. The Morgan fingerprint density at radius 2 is 2.00 bits per heavy atom. The van der Waals surface area contributed by atoms with Crippen molar-refractivity contribution in [1.29, 1.82) is 0 Å². The zero-order valence-corrected chi connectivity index (χ0v) is 11.9. The summed E-state index contributed by atoms with van der Waals surface area (Å²) in [5, 5.41) is 3.37. The van der Waals surface area contributed by atoms with E-state index in [2.05, 4.69) is 47.9 Å². The summed E-state index contributed by atoms with van der Waals surface area (Å²) in [5.74, 6) is 0.866. The van der Waals surface area contributed by atoms with Gasteiger partial charge in [-0.3, -0.25) is 0 Å². The van der Waals surface area contributed by atoms with Gasteiger partial charge in [0.2, 0.25) is 5.95 Å². The van der Waals surface area contributed by atoms with Crippen LogP contribution in [-0.4, -0.2) is 28.1 Å². The zero-order valence-electron chi connectivity index (χ0n) is 11.9.